The first-order chi connectivity index (χ1) is 8.81. The van der Waals surface area contributed by atoms with Gasteiger partial charge in [-0.05, 0) is 16.8 Å². The Kier molecular flexibility index (Phi) is 4.56. The number of hydrogen-bond donors (Lipinski definition) is 2. The number of aliphatic carboxylic acids is 1. The summed E-state index contributed by atoms with van der Waals surface area (Å²) in [6.07, 6.45) is 1.26. The zero-order valence-electron chi connectivity index (χ0n) is 10.5. The summed E-state index contributed by atoms with van der Waals surface area (Å²) in [4.78, 5) is 35.6. The number of hydrogen-bond acceptors (Lipinski definition) is 5. The van der Waals surface area contributed by atoms with Crippen LogP contribution >= 0.6 is 0 Å². The van der Waals surface area contributed by atoms with Crippen molar-refractivity contribution in [2.75, 3.05) is 0 Å². The molecule has 104 valence electrons. The fraction of sp³-hybridized carbons (Fsp3) is 0.500. The van der Waals surface area contributed by atoms with Gasteiger partial charge in [0.25, 0.3) is 0 Å². The van der Waals surface area contributed by atoms with Crippen LogP contribution in [0.3, 0.4) is 0 Å². The summed E-state index contributed by atoms with van der Waals surface area (Å²) in [6.45, 7) is 3.14. The van der Waals surface area contributed by atoms with Crippen molar-refractivity contribution in [2.45, 2.75) is 32.9 Å². The van der Waals surface area contributed by atoms with E-state index >= 15 is 0 Å². The molecule has 0 saturated heterocycles. The Balaban J connectivity index is 2.55. The quantitative estimate of drug-likeness (QED) is 0.556. The van der Waals surface area contributed by atoms with Gasteiger partial charge in [-0.25, -0.2) is 0 Å². The predicted molar refractivity (Wildman–Crippen MR) is 63.5 cm³/mol. The van der Waals surface area contributed by atoms with Crippen molar-refractivity contribution in [2.24, 2.45) is 0 Å². The van der Waals surface area contributed by atoms with Gasteiger partial charge in [-0.1, -0.05) is 0 Å². The van der Waals surface area contributed by atoms with Crippen molar-refractivity contribution in [3.8, 4) is 0 Å². The minimum absolute atomic E-state index is 0.0198. The molecule has 9 heteroatoms. The first-order valence-electron chi connectivity index (χ1n) is 5.51. The molecular formula is C10H14N4O5. The van der Waals surface area contributed by atoms with E-state index in [-0.39, 0.29) is 18.8 Å². The largest absolute Gasteiger partial charge is 0.480 e. The third kappa shape index (κ3) is 4.05. The van der Waals surface area contributed by atoms with Crippen LogP contribution in [0.15, 0.2) is 6.20 Å². The van der Waals surface area contributed by atoms with Gasteiger partial charge in [0.2, 0.25) is 11.7 Å². The number of aryl methyl sites for hydroxylation is 2. The first-order valence-corrected chi connectivity index (χ1v) is 5.51. The second-order valence-electron chi connectivity index (χ2n) is 3.97. The predicted octanol–water partition coefficient (Wildman–Crippen LogP) is 0.0791. The molecule has 1 rings (SSSR count). The van der Waals surface area contributed by atoms with E-state index < -0.39 is 22.8 Å². The highest BCUT2D eigenvalue weighted by molar-refractivity contribution is 5.83. The molecule has 1 atom stereocenters. The van der Waals surface area contributed by atoms with Crippen molar-refractivity contribution in [3.05, 3.63) is 22.1 Å². The highest BCUT2D eigenvalue weighted by atomic mass is 16.6. The molecule has 0 radical (unpaired) electrons. The minimum atomic E-state index is -1.12. The number of nitrogens with zero attached hydrogens (tertiary/aromatic N) is 3. The highest BCUT2D eigenvalue weighted by Crippen LogP contribution is 2.10. The smallest absolute Gasteiger partial charge is 0.381 e. The van der Waals surface area contributed by atoms with Gasteiger partial charge < -0.3 is 25.1 Å². The summed E-state index contributed by atoms with van der Waals surface area (Å²) in [5, 5.41) is 21.4. The molecule has 0 saturated carbocycles. The molecular weight excluding hydrogens is 256 g/mol. The van der Waals surface area contributed by atoms with Crippen molar-refractivity contribution >= 4 is 17.7 Å². The highest BCUT2D eigenvalue weighted by Gasteiger charge is 2.17. The Bertz CT molecular complexity index is 510. The zero-order valence-corrected chi connectivity index (χ0v) is 10.5. The number of nitrogens with one attached hydrogen (secondary N) is 1. The van der Waals surface area contributed by atoms with Gasteiger partial charge in [-0.15, -0.1) is 0 Å². The number of nitro groups is 1. The van der Waals surface area contributed by atoms with E-state index in [1.165, 1.54) is 17.7 Å². The van der Waals surface area contributed by atoms with Crippen LogP contribution in [-0.4, -0.2) is 37.5 Å². The normalized spacial score (nSPS) is 11.9. The monoisotopic (exact) mass is 270 g/mol. The molecule has 1 heterocycles. The summed E-state index contributed by atoms with van der Waals surface area (Å²) in [6, 6.07) is -0.967. The molecule has 0 spiro atoms. The Morgan fingerprint density at radius 1 is 1.63 bits per heavy atom. The van der Waals surface area contributed by atoms with Gasteiger partial charge in [-0.3, -0.25) is 9.59 Å². The van der Waals surface area contributed by atoms with Gasteiger partial charge in [0.1, 0.15) is 12.2 Å². The van der Waals surface area contributed by atoms with Crippen LogP contribution in [0.25, 0.3) is 0 Å². The van der Waals surface area contributed by atoms with Crippen molar-refractivity contribution in [1.29, 1.82) is 0 Å². The average Bonchev–Trinajstić information content (AvgIpc) is 2.68. The molecule has 1 aromatic heterocycles. The van der Waals surface area contributed by atoms with Gasteiger partial charge >= 0.3 is 11.8 Å². The third-order valence-corrected chi connectivity index (χ3v) is 2.48. The van der Waals surface area contributed by atoms with Crippen molar-refractivity contribution < 1.29 is 19.6 Å². The molecule has 0 unspecified atom stereocenters. The number of rotatable bonds is 6. The molecule has 0 fully saturated rings. The van der Waals surface area contributed by atoms with Crippen molar-refractivity contribution in [3.63, 3.8) is 0 Å². The molecule has 0 aliphatic carbocycles. The number of amides is 1. The number of carboxylic acid groups (broad SMARTS) is 1. The molecule has 0 aliphatic rings. The molecule has 1 amide bonds. The standard InChI is InChI=1S/C10H14N4O5/c1-6(10(16)17)11-9(15)3-4-13-5-8(14(18)19)12-7(13)2/h5-6H,3-4H2,1-2H3,(H,11,15)(H,16,17)/t6-/m0/s1. The lowest BCUT2D eigenvalue weighted by Crippen LogP contribution is -2.38. The SMILES string of the molecule is Cc1nc([N+](=O)[O-])cn1CCC(=O)N[C@@H](C)C(=O)O. The second kappa shape index (κ2) is 5.94. The zero-order chi connectivity index (χ0) is 14.6. The molecule has 0 aromatic carbocycles. The Labute approximate surface area is 108 Å². The summed E-state index contributed by atoms with van der Waals surface area (Å²) in [5.74, 6) is -1.42. The fourth-order valence-corrected chi connectivity index (χ4v) is 1.40. The maximum absolute atomic E-state index is 11.4. The van der Waals surface area contributed by atoms with Crippen LogP contribution in [-0.2, 0) is 16.1 Å². The fourth-order valence-electron chi connectivity index (χ4n) is 1.40. The van der Waals surface area contributed by atoms with Crippen LogP contribution in [0.2, 0.25) is 0 Å². The molecule has 0 aliphatic heterocycles. The first kappa shape index (κ1) is 14.6. The summed E-state index contributed by atoms with van der Waals surface area (Å²) in [5.41, 5.74) is 0. The second-order valence-corrected chi connectivity index (χ2v) is 3.97. The third-order valence-electron chi connectivity index (χ3n) is 2.48. The number of aromatic nitrogens is 2. The average molecular weight is 270 g/mol. The summed E-state index contributed by atoms with van der Waals surface area (Å²) >= 11 is 0. The molecule has 2 N–H and O–H groups in total. The number of carboxylic acids is 1. The van der Waals surface area contributed by atoms with Crippen LogP contribution in [0, 0.1) is 17.0 Å². The topological polar surface area (TPSA) is 127 Å². The maximum atomic E-state index is 11.4. The van der Waals surface area contributed by atoms with E-state index in [2.05, 4.69) is 10.3 Å². The van der Waals surface area contributed by atoms with Crippen LogP contribution in [0.1, 0.15) is 19.2 Å². The minimum Gasteiger partial charge on any atom is -0.480 e. The van der Waals surface area contributed by atoms with E-state index in [4.69, 9.17) is 5.11 Å². The van der Waals surface area contributed by atoms with E-state index in [1.807, 2.05) is 0 Å². The van der Waals surface area contributed by atoms with Gasteiger partial charge in [0.15, 0.2) is 0 Å². The van der Waals surface area contributed by atoms with Crippen molar-refractivity contribution in [1.82, 2.24) is 14.9 Å². The van der Waals surface area contributed by atoms with Gasteiger partial charge in [0, 0.05) is 19.9 Å². The van der Waals surface area contributed by atoms with E-state index in [9.17, 15) is 19.7 Å². The number of imidazole rings is 1. The van der Waals surface area contributed by atoms with Crippen LogP contribution in [0.4, 0.5) is 5.82 Å². The lowest BCUT2D eigenvalue weighted by molar-refractivity contribution is -0.389. The van der Waals surface area contributed by atoms with Crippen LogP contribution < -0.4 is 5.32 Å². The molecule has 9 nitrogen and oxygen atoms in total. The molecule has 0 bridgehead atoms. The number of carbonyl (C=O) groups excluding carboxylic acids is 1. The van der Waals surface area contributed by atoms with E-state index in [0.717, 1.165) is 0 Å². The Morgan fingerprint density at radius 3 is 2.74 bits per heavy atom. The molecule has 1 aromatic rings. The Hall–Kier alpha value is -2.45. The van der Waals surface area contributed by atoms with E-state index in [0.29, 0.717) is 5.82 Å². The Morgan fingerprint density at radius 2 is 2.26 bits per heavy atom. The lowest BCUT2D eigenvalue weighted by Gasteiger charge is -2.09. The number of carbonyl (C=O) groups is 2. The van der Waals surface area contributed by atoms with E-state index in [1.54, 1.807) is 6.92 Å². The van der Waals surface area contributed by atoms with Crippen LogP contribution in [0.5, 0.6) is 0 Å². The molecule has 19 heavy (non-hydrogen) atoms. The summed E-state index contributed by atoms with van der Waals surface area (Å²) < 4.78 is 1.48. The van der Waals surface area contributed by atoms with Gasteiger partial charge in [0.05, 0.1) is 0 Å². The maximum Gasteiger partial charge on any atom is 0.381 e. The summed E-state index contributed by atoms with van der Waals surface area (Å²) in [7, 11) is 0. The lowest BCUT2D eigenvalue weighted by atomic mass is 10.3. The van der Waals surface area contributed by atoms with Gasteiger partial charge in [-0.2, -0.15) is 0 Å².